The average Bonchev–Trinajstić information content (AvgIpc) is 3.08. The van der Waals surface area contributed by atoms with Gasteiger partial charge in [-0.25, -0.2) is 9.59 Å². The fraction of sp³-hybridized carbons (Fsp3) is 0.575. The standard InChI is InChI=1S/C40H56O7/c1-4-5-9-16-32-20-22-33(23-21-32)34-24-26-35(27-25-34)47-40(43)36-17-11-12-18-37(36)44-28-13-6-7-14-29-45-38(41)19-10-8-15-30-46-39(42)31(2)3/h11-12,17-18,24-27,32-33H,2,4-10,13-16,19-23,28-30H2,1,3H3/t32-,33-. The van der Waals surface area contributed by atoms with E-state index in [2.05, 4.69) is 25.6 Å². The maximum absolute atomic E-state index is 13.0. The summed E-state index contributed by atoms with van der Waals surface area (Å²) >= 11 is 0. The van der Waals surface area contributed by atoms with Crippen LogP contribution in [0.5, 0.6) is 11.5 Å². The molecule has 1 aliphatic carbocycles. The highest BCUT2D eigenvalue weighted by atomic mass is 16.5. The van der Waals surface area contributed by atoms with Gasteiger partial charge in [0, 0.05) is 12.0 Å². The van der Waals surface area contributed by atoms with Crippen LogP contribution in [0.3, 0.4) is 0 Å². The number of hydrogen-bond acceptors (Lipinski definition) is 7. The van der Waals surface area contributed by atoms with Gasteiger partial charge in [-0.2, -0.15) is 0 Å². The molecule has 0 atom stereocenters. The van der Waals surface area contributed by atoms with E-state index in [0.29, 0.717) is 67.6 Å². The molecule has 1 aliphatic rings. The molecule has 1 saturated carbocycles. The normalized spacial score (nSPS) is 15.9. The lowest BCUT2D eigenvalue weighted by Crippen LogP contribution is -2.14. The van der Waals surface area contributed by atoms with Crippen LogP contribution in [0.2, 0.25) is 0 Å². The summed E-state index contributed by atoms with van der Waals surface area (Å²) in [6.45, 7) is 8.67. The van der Waals surface area contributed by atoms with Crippen LogP contribution in [0, 0.1) is 5.92 Å². The van der Waals surface area contributed by atoms with Gasteiger partial charge in [-0.15, -0.1) is 0 Å². The van der Waals surface area contributed by atoms with Gasteiger partial charge in [0.2, 0.25) is 0 Å². The lowest BCUT2D eigenvalue weighted by atomic mass is 9.77. The van der Waals surface area contributed by atoms with E-state index in [1.54, 1.807) is 19.1 Å². The van der Waals surface area contributed by atoms with Crippen molar-refractivity contribution in [3.05, 3.63) is 71.8 Å². The van der Waals surface area contributed by atoms with Crippen molar-refractivity contribution in [2.45, 2.75) is 122 Å². The minimum atomic E-state index is -0.422. The number of carbonyl (C=O) groups is 3. The highest BCUT2D eigenvalue weighted by Gasteiger charge is 2.22. The number of rotatable bonds is 22. The first-order valence-corrected chi connectivity index (χ1v) is 17.9. The lowest BCUT2D eigenvalue weighted by molar-refractivity contribution is -0.144. The van der Waals surface area contributed by atoms with E-state index in [1.165, 1.54) is 56.9 Å². The van der Waals surface area contributed by atoms with Crippen LogP contribution in [-0.4, -0.2) is 37.7 Å². The minimum absolute atomic E-state index is 0.192. The Morgan fingerprint density at radius 1 is 0.745 bits per heavy atom. The molecule has 0 N–H and O–H groups in total. The fourth-order valence-corrected chi connectivity index (χ4v) is 6.03. The molecule has 2 aromatic rings. The van der Waals surface area contributed by atoms with Crippen LogP contribution in [0.15, 0.2) is 60.7 Å². The van der Waals surface area contributed by atoms with Crippen LogP contribution in [-0.2, 0) is 19.1 Å². The third-order valence-electron chi connectivity index (χ3n) is 8.90. The summed E-state index contributed by atoms with van der Waals surface area (Å²) in [6, 6.07) is 15.3. The van der Waals surface area contributed by atoms with Crippen LogP contribution in [0.1, 0.15) is 138 Å². The first-order chi connectivity index (χ1) is 22.9. The zero-order valence-corrected chi connectivity index (χ0v) is 28.8. The zero-order valence-electron chi connectivity index (χ0n) is 28.8. The number of para-hydroxylation sites is 1. The molecule has 0 heterocycles. The van der Waals surface area contributed by atoms with Crippen LogP contribution < -0.4 is 9.47 Å². The Labute approximate surface area is 282 Å². The van der Waals surface area contributed by atoms with Crippen molar-refractivity contribution in [1.29, 1.82) is 0 Å². The third-order valence-corrected chi connectivity index (χ3v) is 8.90. The zero-order chi connectivity index (χ0) is 33.7. The SMILES string of the molecule is C=C(C)C(=O)OCCCCCC(=O)OCCCCCCOc1ccccc1C(=O)Oc1ccc([C@H]2CC[C@H](CCCCC)CC2)cc1. The Hall–Kier alpha value is -3.61. The van der Waals surface area contributed by atoms with Gasteiger partial charge in [0.25, 0.3) is 0 Å². The van der Waals surface area contributed by atoms with E-state index in [-0.39, 0.29) is 11.9 Å². The predicted octanol–water partition coefficient (Wildman–Crippen LogP) is 9.92. The second kappa shape index (κ2) is 22.0. The first kappa shape index (κ1) is 37.8. The van der Waals surface area contributed by atoms with Crippen LogP contribution >= 0.6 is 0 Å². The summed E-state index contributed by atoms with van der Waals surface area (Å²) in [5.74, 6) is 1.56. The molecule has 47 heavy (non-hydrogen) atoms. The van der Waals surface area contributed by atoms with E-state index in [4.69, 9.17) is 18.9 Å². The van der Waals surface area contributed by atoms with Crippen molar-refractivity contribution in [2.75, 3.05) is 19.8 Å². The molecule has 3 rings (SSSR count). The largest absolute Gasteiger partial charge is 0.493 e. The van der Waals surface area contributed by atoms with Gasteiger partial charge in [-0.1, -0.05) is 63.5 Å². The highest BCUT2D eigenvalue weighted by molar-refractivity contribution is 5.94. The Morgan fingerprint density at radius 3 is 2.11 bits per heavy atom. The fourth-order valence-electron chi connectivity index (χ4n) is 6.03. The second-order valence-corrected chi connectivity index (χ2v) is 12.9. The second-order valence-electron chi connectivity index (χ2n) is 12.9. The monoisotopic (exact) mass is 648 g/mol. The summed E-state index contributed by atoms with van der Waals surface area (Å²) in [5, 5.41) is 0. The molecule has 2 aromatic carbocycles. The van der Waals surface area contributed by atoms with Gasteiger partial charge in [0.05, 0.1) is 19.8 Å². The molecule has 258 valence electrons. The van der Waals surface area contributed by atoms with Gasteiger partial charge >= 0.3 is 17.9 Å². The van der Waals surface area contributed by atoms with Crippen molar-refractivity contribution in [3.63, 3.8) is 0 Å². The van der Waals surface area contributed by atoms with Crippen molar-refractivity contribution in [2.24, 2.45) is 5.92 Å². The predicted molar refractivity (Wildman–Crippen MR) is 186 cm³/mol. The summed E-state index contributed by atoms with van der Waals surface area (Å²) in [7, 11) is 0. The number of benzene rings is 2. The van der Waals surface area contributed by atoms with Gasteiger partial charge in [-0.05, 0) is 119 Å². The van der Waals surface area contributed by atoms with Crippen molar-refractivity contribution < 1.29 is 33.3 Å². The van der Waals surface area contributed by atoms with Crippen molar-refractivity contribution >= 4 is 17.9 Å². The molecule has 7 heteroatoms. The summed E-state index contributed by atoms with van der Waals surface area (Å²) in [6.07, 6.45) is 16.6. The molecular formula is C40H56O7. The van der Waals surface area contributed by atoms with Crippen molar-refractivity contribution in [1.82, 2.24) is 0 Å². The maximum Gasteiger partial charge on any atom is 0.347 e. The molecule has 0 saturated heterocycles. The first-order valence-electron chi connectivity index (χ1n) is 17.9. The smallest absolute Gasteiger partial charge is 0.347 e. The van der Waals surface area contributed by atoms with Gasteiger partial charge in [0.15, 0.2) is 0 Å². The molecular weight excluding hydrogens is 592 g/mol. The molecule has 7 nitrogen and oxygen atoms in total. The summed E-state index contributed by atoms with van der Waals surface area (Å²) in [5.41, 5.74) is 2.14. The Bertz CT molecular complexity index is 1230. The Morgan fingerprint density at radius 2 is 1.40 bits per heavy atom. The molecule has 0 spiro atoms. The van der Waals surface area contributed by atoms with E-state index >= 15 is 0 Å². The van der Waals surface area contributed by atoms with Crippen LogP contribution in [0.25, 0.3) is 0 Å². The highest BCUT2D eigenvalue weighted by Crippen LogP contribution is 2.38. The van der Waals surface area contributed by atoms with E-state index in [1.807, 2.05) is 24.3 Å². The van der Waals surface area contributed by atoms with E-state index in [9.17, 15) is 14.4 Å². The maximum atomic E-state index is 13.0. The lowest BCUT2D eigenvalue weighted by Gasteiger charge is -2.29. The molecule has 0 bridgehead atoms. The average molecular weight is 649 g/mol. The minimum Gasteiger partial charge on any atom is -0.493 e. The summed E-state index contributed by atoms with van der Waals surface area (Å²) < 4.78 is 22.0. The molecule has 0 aromatic heterocycles. The topological polar surface area (TPSA) is 88.1 Å². The Balaban J connectivity index is 1.27. The Kier molecular flexibility index (Phi) is 17.8. The molecule has 0 amide bonds. The van der Waals surface area contributed by atoms with Crippen molar-refractivity contribution in [3.8, 4) is 11.5 Å². The van der Waals surface area contributed by atoms with Gasteiger partial charge in [-0.3, -0.25) is 4.79 Å². The molecule has 0 unspecified atom stereocenters. The molecule has 0 aliphatic heterocycles. The quantitative estimate of drug-likeness (QED) is 0.0543. The van der Waals surface area contributed by atoms with E-state index in [0.717, 1.165) is 38.0 Å². The molecule has 1 fully saturated rings. The third kappa shape index (κ3) is 14.8. The molecule has 0 radical (unpaired) electrons. The summed E-state index contributed by atoms with van der Waals surface area (Å²) in [4.78, 5) is 36.3. The van der Waals surface area contributed by atoms with Gasteiger partial charge < -0.3 is 18.9 Å². The van der Waals surface area contributed by atoms with Gasteiger partial charge in [0.1, 0.15) is 17.1 Å². The number of hydrogen-bond donors (Lipinski definition) is 0. The number of unbranched alkanes of at least 4 members (excludes halogenated alkanes) is 7. The van der Waals surface area contributed by atoms with Crippen LogP contribution in [0.4, 0.5) is 0 Å². The van der Waals surface area contributed by atoms with E-state index < -0.39 is 5.97 Å². The number of ether oxygens (including phenoxy) is 4. The number of carbonyl (C=O) groups excluding carboxylic acids is 3. The number of esters is 3.